The van der Waals surface area contributed by atoms with Crippen LogP contribution in [0.25, 0.3) is 0 Å². The van der Waals surface area contributed by atoms with Gasteiger partial charge >= 0.3 is 0 Å². The molecule has 0 aliphatic carbocycles. The smallest absolute Gasteiger partial charge is 0.263 e. The molecule has 1 unspecified atom stereocenters. The molecule has 1 aromatic carbocycles. The summed E-state index contributed by atoms with van der Waals surface area (Å²) in [5, 5.41) is 2.84. The van der Waals surface area contributed by atoms with Gasteiger partial charge < -0.3 is 10.1 Å². The van der Waals surface area contributed by atoms with Crippen LogP contribution in [0.3, 0.4) is 0 Å². The highest BCUT2D eigenvalue weighted by Crippen LogP contribution is 2.38. The van der Waals surface area contributed by atoms with Crippen LogP contribution in [0.15, 0.2) is 18.2 Å². The zero-order chi connectivity index (χ0) is 19.5. The molecule has 0 spiro atoms. The van der Waals surface area contributed by atoms with Gasteiger partial charge in [-0.15, -0.1) is 0 Å². The maximum atomic E-state index is 12.4. The summed E-state index contributed by atoms with van der Waals surface area (Å²) in [5.41, 5.74) is 1.39. The van der Waals surface area contributed by atoms with Gasteiger partial charge in [0.25, 0.3) is 5.91 Å². The predicted molar refractivity (Wildman–Crippen MR) is 104 cm³/mol. The van der Waals surface area contributed by atoms with Crippen molar-refractivity contribution in [2.75, 3.05) is 23.7 Å². The first-order valence-corrected chi connectivity index (χ1v) is 11.0. The molecular formula is C19H30N2O4S. The highest BCUT2D eigenvalue weighted by atomic mass is 32.2. The van der Waals surface area contributed by atoms with E-state index >= 15 is 0 Å². The van der Waals surface area contributed by atoms with Crippen LogP contribution in [0.5, 0.6) is 5.75 Å². The Balaban J connectivity index is 2.27. The minimum Gasteiger partial charge on any atom is -0.476 e. The summed E-state index contributed by atoms with van der Waals surface area (Å²) in [5.74, 6) is 0.142. The van der Waals surface area contributed by atoms with Crippen molar-refractivity contribution < 1.29 is 17.9 Å². The molecule has 0 saturated carbocycles. The highest BCUT2D eigenvalue weighted by Gasteiger charge is 2.35. The van der Waals surface area contributed by atoms with E-state index in [4.69, 9.17) is 4.74 Å². The van der Waals surface area contributed by atoms with Crippen molar-refractivity contribution >= 4 is 21.6 Å². The molecule has 0 bridgehead atoms. The third-order valence-electron chi connectivity index (χ3n) is 4.47. The van der Waals surface area contributed by atoms with Crippen molar-refractivity contribution in [2.24, 2.45) is 0 Å². The standard InChI is InChI=1S/C19H30N2O4S/c1-6-7-8-11-20-18(22)17-13-21(26(5,23)24)15-12-14(19(2,3)4)9-10-16(15)25-17/h9-10,12,17H,6-8,11,13H2,1-5H3,(H,20,22). The number of nitrogens with zero attached hydrogens (tertiary/aromatic N) is 1. The first kappa shape index (κ1) is 20.6. The molecule has 1 aliphatic rings. The lowest BCUT2D eigenvalue weighted by molar-refractivity contribution is -0.127. The summed E-state index contributed by atoms with van der Waals surface area (Å²) in [6.07, 6.45) is 3.32. The Hall–Kier alpha value is -1.76. The molecule has 0 radical (unpaired) electrons. The number of ether oxygens (including phenoxy) is 1. The third-order valence-corrected chi connectivity index (χ3v) is 5.61. The van der Waals surface area contributed by atoms with Gasteiger partial charge in [0.2, 0.25) is 10.0 Å². The molecule has 1 atom stereocenters. The normalized spacial score (nSPS) is 17.4. The fourth-order valence-electron chi connectivity index (χ4n) is 2.87. The Morgan fingerprint density at radius 1 is 1.31 bits per heavy atom. The molecular weight excluding hydrogens is 352 g/mol. The number of unbranched alkanes of at least 4 members (excludes halogenated alkanes) is 2. The van der Waals surface area contributed by atoms with Gasteiger partial charge in [0.05, 0.1) is 18.5 Å². The Bertz CT molecular complexity index is 753. The van der Waals surface area contributed by atoms with Crippen LogP contribution in [-0.4, -0.2) is 39.8 Å². The quantitative estimate of drug-likeness (QED) is 0.768. The minimum atomic E-state index is -3.52. The summed E-state index contributed by atoms with van der Waals surface area (Å²) in [4.78, 5) is 12.4. The number of fused-ring (bicyclic) bond motifs is 1. The van der Waals surface area contributed by atoms with Gasteiger partial charge in [-0.3, -0.25) is 9.10 Å². The molecule has 2 rings (SSSR count). The molecule has 146 valence electrons. The van der Waals surface area contributed by atoms with Gasteiger partial charge in [-0.05, 0) is 29.5 Å². The summed E-state index contributed by atoms with van der Waals surface area (Å²) in [6, 6.07) is 5.51. The zero-order valence-electron chi connectivity index (χ0n) is 16.3. The maximum absolute atomic E-state index is 12.4. The number of carbonyl (C=O) groups is 1. The van der Waals surface area contributed by atoms with E-state index in [1.165, 1.54) is 4.31 Å². The molecule has 26 heavy (non-hydrogen) atoms. The summed E-state index contributed by atoms with van der Waals surface area (Å²) >= 11 is 0. The Kier molecular flexibility index (Phi) is 6.21. The molecule has 1 amide bonds. The van der Waals surface area contributed by atoms with E-state index in [-0.39, 0.29) is 17.9 Å². The topological polar surface area (TPSA) is 75.7 Å². The third kappa shape index (κ3) is 4.90. The highest BCUT2D eigenvalue weighted by molar-refractivity contribution is 7.92. The van der Waals surface area contributed by atoms with E-state index in [1.54, 1.807) is 6.07 Å². The largest absolute Gasteiger partial charge is 0.476 e. The zero-order valence-corrected chi connectivity index (χ0v) is 17.1. The average molecular weight is 383 g/mol. The van der Waals surface area contributed by atoms with Crippen molar-refractivity contribution in [1.29, 1.82) is 0 Å². The monoisotopic (exact) mass is 382 g/mol. The number of hydrogen-bond acceptors (Lipinski definition) is 4. The molecule has 1 N–H and O–H groups in total. The van der Waals surface area contributed by atoms with Crippen molar-refractivity contribution in [3.05, 3.63) is 23.8 Å². The molecule has 0 saturated heterocycles. The van der Waals surface area contributed by atoms with E-state index in [1.807, 2.05) is 12.1 Å². The van der Waals surface area contributed by atoms with Gasteiger partial charge in [-0.2, -0.15) is 0 Å². The number of carbonyl (C=O) groups excluding carboxylic acids is 1. The Labute approximate surface area is 157 Å². The van der Waals surface area contributed by atoms with Crippen LogP contribution in [0, 0.1) is 0 Å². The van der Waals surface area contributed by atoms with Gasteiger partial charge in [-0.1, -0.05) is 46.6 Å². The van der Waals surface area contributed by atoms with Crippen molar-refractivity contribution in [3.8, 4) is 5.75 Å². The number of amides is 1. The number of nitrogens with one attached hydrogen (secondary N) is 1. The van der Waals surface area contributed by atoms with E-state index < -0.39 is 16.1 Å². The molecule has 6 nitrogen and oxygen atoms in total. The molecule has 0 aromatic heterocycles. The lowest BCUT2D eigenvalue weighted by Gasteiger charge is -2.35. The first-order valence-electron chi connectivity index (χ1n) is 9.10. The lowest BCUT2D eigenvalue weighted by Crippen LogP contribution is -2.50. The molecule has 7 heteroatoms. The van der Waals surface area contributed by atoms with Gasteiger partial charge in [0.15, 0.2) is 6.10 Å². The predicted octanol–water partition coefficient (Wildman–Crippen LogP) is 2.82. The van der Waals surface area contributed by atoms with E-state index in [2.05, 4.69) is 33.0 Å². The number of benzene rings is 1. The van der Waals surface area contributed by atoms with Gasteiger partial charge in [0, 0.05) is 6.54 Å². The van der Waals surface area contributed by atoms with Crippen LogP contribution in [-0.2, 0) is 20.2 Å². The fourth-order valence-corrected chi connectivity index (χ4v) is 3.77. The molecule has 1 aliphatic heterocycles. The second-order valence-electron chi connectivity index (χ2n) is 7.83. The number of hydrogen-bond donors (Lipinski definition) is 1. The summed E-state index contributed by atoms with van der Waals surface area (Å²) < 4.78 is 31.7. The SMILES string of the molecule is CCCCCNC(=O)C1CN(S(C)(=O)=O)c2cc(C(C)(C)C)ccc2O1. The number of anilines is 1. The lowest BCUT2D eigenvalue weighted by atomic mass is 9.86. The maximum Gasteiger partial charge on any atom is 0.263 e. The van der Waals surface area contributed by atoms with Crippen LogP contribution in [0.2, 0.25) is 0 Å². The van der Waals surface area contributed by atoms with Gasteiger partial charge in [-0.25, -0.2) is 8.42 Å². The summed E-state index contributed by atoms with van der Waals surface area (Å²) in [6.45, 7) is 8.85. The van der Waals surface area contributed by atoms with Crippen LogP contribution in [0.1, 0.15) is 52.5 Å². The van der Waals surface area contributed by atoms with Crippen molar-refractivity contribution in [1.82, 2.24) is 5.32 Å². The Morgan fingerprint density at radius 2 is 2.00 bits per heavy atom. The van der Waals surface area contributed by atoms with E-state index in [0.29, 0.717) is 18.0 Å². The molecule has 1 aromatic rings. The Morgan fingerprint density at radius 3 is 2.58 bits per heavy atom. The first-order chi connectivity index (χ1) is 12.0. The van der Waals surface area contributed by atoms with Gasteiger partial charge in [0.1, 0.15) is 5.75 Å². The van der Waals surface area contributed by atoms with Crippen molar-refractivity contribution in [2.45, 2.75) is 58.5 Å². The van der Waals surface area contributed by atoms with Crippen LogP contribution < -0.4 is 14.4 Å². The van der Waals surface area contributed by atoms with E-state index in [0.717, 1.165) is 31.1 Å². The van der Waals surface area contributed by atoms with Crippen LogP contribution in [0.4, 0.5) is 5.69 Å². The second-order valence-corrected chi connectivity index (χ2v) is 9.74. The molecule has 0 fully saturated rings. The minimum absolute atomic E-state index is 0.0148. The fraction of sp³-hybridized carbons (Fsp3) is 0.632. The number of rotatable bonds is 6. The van der Waals surface area contributed by atoms with Crippen LogP contribution >= 0.6 is 0 Å². The molecule has 1 heterocycles. The van der Waals surface area contributed by atoms with E-state index in [9.17, 15) is 13.2 Å². The van der Waals surface area contributed by atoms with Crippen molar-refractivity contribution in [3.63, 3.8) is 0 Å². The average Bonchev–Trinajstić information content (AvgIpc) is 2.55. The summed E-state index contributed by atoms with van der Waals surface area (Å²) in [7, 11) is -3.52. The second kappa shape index (κ2) is 7.86. The number of sulfonamides is 1.